The van der Waals surface area contributed by atoms with Crippen molar-refractivity contribution in [2.75, 3.05) is 24.0 Å². The van der Waals surface area contributed by atoms with Gasteiger partial charge in [-0.15, -0.1) is 0 Å². The number of carbonyl (C=O) groups excluding carboxylic acids is 2. The largest absolute Gasteiger partial charge is 0.508 e. The van der Waals surface area contributed by atoms with E-state index < -0.39 is 0 Å². The van der Waals surface area contributed by atoms with Gasteiger partial charge in [0.05, 0.1) is 48.8 Å². The highest BCUT2D eigenvalue weighted by molar-refractivity contribution is 6.15. The number of ether oxygens (including phenoxy) is 4. The average Bonchev–Trinajstić information content (AvgIpc) is 3.67. The maximum absolute atomic E-state index is 13.8. The van der Waals surface area contributed by atoms with Crippen molar-refractivity contribution >= 4 is 47.0 Å². The molecule has 0 unspecified atom stereocenters. The van der Waals surface area contributed by atoms with Gasteiger partial charge in [0.15, 0.2) is 23.0 Å². The minimum Gasteiger partial charge on any atom is -0.508 e. The standard InChI is InChI=1S/C42H34N4O7/c1-50-37-16-31-33(43-20-28-14-26-7-3-5-9-35(26)45(28)41(31)48)18-39(37)52-22-24-11-25(13-30(47)12-24)23-53-40-19-34-32(17-38(40)51-2)42(49)46-29(21-44-34)15-27-8-4-6-10-36(27)46/h3-13,16-21,28-29,47H,14-15,22-23H2,1-2H3/t28-,29-/m0/s1. The van der Waals surface area contributed by atoms with Gasteiger partial charge in [-0.1, -0.05) is 36.4 Å². The molecule has 53 heavy (non-hydrogen) atoms. The molecule has 0 saturated heterocycles. The first-order valence-corrected chi connectivity index (χ1v) is 17.3. The summed E-state index contributed by atoms with van der Waals surface area (Å²) in [7, 11) is 3.05. The lowest BCUT2D eigenvalue weighted by Gasteiger charge is -2.22. The molecule has 11 nitrogen and oxygen atoms in total. The lowest BCUT2D eigenvalue weighted by molar-refractivity contribution is 0.0978. The van der Waals surface area contributed by atoms with Crippen LogP contribution in [0.25, 0.3) is 0 Å². The zero-order valence-corrected chi connectivity index (χ0v) is 29.0. The number of phenols is 1. The molecule has 0 spiro atoms. The van der Waals surface area contributed by atoms with Crippen molar-refractivity contribution in [3.05, 3.63) is 124 Å². The van der Waals surface area contributed by atoms with E-state index in [1.165, 1.54) is 14.2 Å². The number of rotatable bonds is 8. The molecule has 2 atom stereocenters. The minimum absolute atomic E-state index is 0.0413. The van der Waals surface area contributed by atoms with E-state index in [1.807, 2.05) is 67.0 Å². The minimum atomic E-state index is -0.174. The fourth-order valence-electron chi connectivity index (χ4n) is 7.61. The van der Waals surface area contributed by atoms with Gasteiger partial charge in [0.25, 0.3) is 11.8 Å². The van der Waals surface area contributed by atoms with E-state index in [-0.39, 0.29) is 42.9 Å². The Morgan fingerprint density at radius 2 is 1.08 bits per heavy atom. The highest BCUT2D eigenvalue weighted by Gasteiger charge is 2.38. The number of amides is 2. The van der Waals surface area contributed by atoms with Crippen molar-refractivity contribution < 1.29 is 33.6 Å². The summed E-state index contributed by atoms with van der Waals surface area (Å²) in [4.78, 5) is 40.5. The van der Waals surface area contributed by atoms with Crippen molar-refractivity contribution in [2.24, 2.45) is 9.98 Å². The highest BCUT2D eigenvalue weighted by atomic mass is 16.5. The first kappa shape index (κ1) is 32.3. The second-order valence-corrected chi connectivity index (χ2v) is 13.3. The summed E-state index contributed by atoms with van der Waals surface area (Å²) in [6.07, 6.45) is 5.02. The number of phenolic OH excluding ortho intramolecular Hbond substituents is 1. The van der Waals surface area contributed by atoms with E-state index in [4.69, 9.17) is 18.9 Å². The second-order valence-electron chi connectivity index (χ2n) is 13.3. The predicted molar refractivity (Wildman–Crippen MR) is 201 cm³/mol. The SMILES string of the molecule is COc1cc2c(cc1OCc1cc(O)cc(COc3cc4c(cc3OC)C(=O)N3c5ccccc5C[C@H]3C=N4)c1)N=C[C@@H]1Cc3ccccc3N1C2=O. The monoisotopic (exact) mass is 706 g/mol. The Balaban J connectivity index is 0.924. The quantitative estimate of drug-likeness (QED) is 0.182. The molecule has 0 aliphatic carbocycles. The summed E-state index contributed by atoms with van der Waals surface area (Å²) in [6, 6.07) is 27.3. The molecule has 5 aromatic rings. The molecule has 4 heterocycles. The van der Waals surface area contributed by atoms with Crippen LogP contribution in [0.2, 0.25) is 0 Å². The zero-order valence-electron chi connectivity index (χ0n) is 29.0. The first-order valence-electron chi connectivity index (χ1n) is 17.3. The number of hydrogen-bond acceptors (Lipinski definition) is 9. The van der Waals surface area contributed by atoms with Crippen LogP contribution in [0.3, 0.4) is 0 Å². The Morgan fingerprint density at radius 3 is 1.53 bits per heavy atom. The number of aliphatic imine (C=N–C) groups is 2. The summed E-state index contributed by atoms with van der Waals surface area (Å²) in [5.74, 6) is 1.35. The molecule has 2 amide bonds. The topological polar surface area (TPSA) is 122 Å². The lowest BCUT2D eigenvalue weighted by atomic mass is 10.1. The predicted octanol–water partition coefficient (Wildman–Crippen LogP) is 7.14. The van der Waals surface area contributed by atoms with Crippen LogP contribution in [0.15, 0.2) is 101 Å². The van der Waals surface area contributed by atoms with Crippen LogP contribution in [-0.2, 0) is 26.1 Å². The Hall–Kier alpha value is -6.62. The molecule has 4 aliphatic heterocycles. The third-order valence-corrected chi connectivity index (χ3v) is 10.1. The zero-order chi connectivity index (χ0) is 36.2. The number of carbonyl (C=O) groups is 2. The van der Waals surface area contributed by atoms with E-state index in [0.717, 1.165) is 22.5 Å². The Labute approximate surface area is 305 Å². The Morgan fingerprint density at radius 1 is 0.623 bits per heavy atom. The number of anilines is 2. The van der Waals surface area contributed by atoms with E-state index in [9.17, 15) is 14.7 Å². The molecule has 0 aromatic heterocycles. The molecule has 5 aromatic carbocycles. The maximum Gasteiger partial charge on any atom is 0.261 e. The molecule has 4 aliphatic rings. The van der Waals surface area contributed by atoms with Crippen LogP contribution in [0.4, 0.5) is 22.7 Å². The highest BCUT2D eigenvalue weighted by Crippen LogP contribution is 2.43. The van der Waals surface area contributed by atoms with Crippen molar-refractivity contribution in [1.29, 1.82) is 0 Å². The Kier molecular flexibility index (Phi) is 7.83. The van der Waals surface area contributed by atoms with Crippen LogP contribution in [-0.4, -0.2) is 55.7 Å². The molecule has 9 rings (SSSR count). The molecular weight excluding hydrogens is 672 g/mol. The molecule has 11 heteroatoms. The number of hydrogen-bond donors (Lipinski definition) is 1. The average molecular weight is 707 g/mol. The summed E-state index contributed by atoms with van der Waals surface area (Å²) in [5.41, 5.74) is 7.20. The number of methoxy groups -OCH3 is 2. The fraction of sp³-hybridized carbons (Fsp3) is 0.190. The maximum atomic E-state index is 13.8. The smallest absolute Gasteiger partial charge is 0.261 e. The molecule has 0 saturated carbocycles. The van der Waals surface area contributed by atoms with Crippen LogP contribution in [0, 0.1) is 0 Å². The van der Waals surface area contributed by atoms with Gasteiger partial charge in [0, 0.05) is 48.8 Å². The molecule has 0 radical (unpaired) electrons. The molecular formula is C42H34N4O7. The molecule has 264 valence electrons. The Bertz CT molecular complexity index is 2230. The number of fused-ring (bicyclic) bond motifs is 8. The van der Waals surface area contributed by atoms with Gasteiger partial charge in [-0.05, 0) is 64.7 Å². The van der Waals surface area contributed by atoms with Crippen molar-refractivity contribution in [2.45, 2.75) is 38.1 Å². The summed E-state index contributed by atoms with van der Waals surface area (Å²) in [6.45, 7) is 0.187. The fourth-order valence-corrected chi connectivity index (χ4v) is 7.61. The van der Waals surface area contributed by atoms with Gasteiger partial charge in [0.1, 0.15) is 19.0 Å². The lowest BCUT2D eigenvalue weighted by Crippen LogP contribution is -2.37. The van der Waals surface area contributed by atoms with Gasteiger partial charge in [-0.2, -0.15) is 0 Å². The number of nitrogens with zero attached hydrogens (tertiary/aromatic N) is 4. The third kappa shape index (κ3) is 5.61. The van der Waals surface area contributed by atoms with E-state index in [1.54, 1.807) is 46.2 Å². The van der Waals surface area contributed by atoms with Crippen LogP contribution >= 0.6 is 0 Å². The van der Waals surface area contributed by atoms with Crippen LogP contribution in [0.5, 0.6) is 28.7 Å². The van der Waals surface area contributed by atoms with E-state index >= 15 is 0 Å². The van der Waals surface area contributed by atoms with E-state index in [2.05, 4.69) is 9.98 Å². The molecule has 0 bridgehead atoms. The normalized spacial score (nSPS) is 17.5. The van der Waals surface area contributed by atoms with Gasteiger partial charge in [-0.25, -0.2) is 0 Å². The third-order valence-electron chi connectivity index (χ3n) is 10.1. The summed E-state index contributed by atoms with van der Waals surface area (Å²) < 4.78 is 23.7. The second kappa shape index (κ2) is 12.9. The molecule has 0 fully saturated rings. The van der Waals surface area contributed by atoms with Crippen LogP contribution in [0.1, 0.15) is 43.0 Å². The van der Waals surface area contributed by atoms with Crippen LogP contribution < -0.4 is 28.7 Å². The van der Waals surface area contributed by atoms with Crippen molar-refractivity contribution in [3.63, 3.8) is 0 Å². The summed E-state index contributed by atoms with van der Waals surface area (Å²) >= 11 is 0. The number of aromatic hydroxyl groups is 1. The van der Waals surface area contributed by atoms with Crippen molar-refractivity contribution in [1.82, 2.24) is 0 Å². The number of para-hydroxylation sites is 2. The van der Waals surface area contributed by atoms with Gasteiger partial charge < -0.3 is 24.1 Å². The van der Waals surface area contributed by atoms with E-state index in [0.29, 0.717) is 69.5 Å². The number of benzene rings is 5. The van der Waals surface area contributed by atoms with Gasteiger partial charge in [0.2, 0.25) is 0 Å². The van der Waals surface area contributed by atoms with Gasteiger partial charge >= 0.3 is 0 Å². The molecule has 1 N–H and O–H groups in total. The van der Waals surface area contributed by atoms with Crippen molar-refractivity contribution in [3.8, 4) is 28.7 Å². The summed E-state index contributed by atoms with van der Waals surface area (Å²) in [5, 5.41) is 10.6. The first-order chi connectivity index (χ1) is 25.9. The van der Waals surface area contributed by atoms with Gasteiger partial charge in [-0.3, -0.25) is 29.4 Å².